The maximum Gasteiger partial charge on any atom is 0.344 e. The highest BCUT2D eigenvalue weighted by molar-refractivity contribution is 6.31. The van der Waals surface area contributed by atoms with Crippen molar-refractivity contribution in [3.8, 4) is 5.75 Å². The molecule has 0 fully saturated rings. The van der Waals surface area contributed by atoms with Crippen LogP contribution in [0.25, 0.3) is 0 Å². The molecule has 1 heterocycles. The first-order chi connectivity index (χ1) is 12.6. The van der Waals surface area contributed by atoms with Crippen molar-refractivity contribution in [1.82, 2.24) is 4.98 Å². The number of ketones is 2. The molecular weight excluding hydrogens is 370 g/mol. The Balaban J connectivity index is 1.99. The Morgan fingerprint density at radius 3 is 2.41 bits per heavy atom. The quantitative estimate of drug-likeness (QED) is 0.569. The van der Waals surface area contributed by atoms with Crippen LogP contribution >= 0.6 is 11.6 Å². The summed E-state index contributed by atoms with van der Waals surface area (Å²) in [5, 5.41) is 0.602. The summed E-state index contributed by atoms with van der Waals surface area (Å²) in [4.78, 5) is 39.2. The molecule has 0 radical (unpaired) electrons. The van der Waals surface area contributed by atoms with E-state index in [4.69, 9.17) is 21.1 Å². The molecule has 144 valence electrons. The van der Waals surface area contributed by atoms with Gasteiger partial charge in [-0.2, -0.15) is 0 Å². The number of nitrogens with one attached hydrogen (secondary N) is 1. The number of carbonyl (C=O) groups excluding carboxylic acids is 3. The van der Waals surface area contributed by atoms with Crippen LogP contribution in [0, 0.1) is 20.8 Å². The van der Waals surface area contributed by atoms with Gasteiger partial charge >= 0.3 is 5.97 Å². The van der Waals surface area contributed by atoms with Crippen LogP contribution in [0.1, 0.15) is 51.5 Å². The molecule has 6 nitrogen and oxygen atoms in total. The third kappa shape index (κ3) is 4.77. The third-order valence-electron chi connectivity index (χ3n) is 4.20. The number of hydrogen-bond donors (Lipinski definition) is 1. The molecular formula is C20H22ClNO5. The predicted molar refractivity (Wildman–Crippen MR) is 102 cm³/mol. The van der Waals surface area contributed by atoms with Crippen LogP contribution in [0.5, 0.6) is 5.75 Å². The van der Waals surface area contributed by atoms with Crippen LogP contribution in [0.15, 0.2) is 18.2 Å². The molecule has 0 spiro atoms. The van der Waals surface area contributed by atoms with Crippen LogP contribution in [-0.4, -0.2) is 35.2 Å². The van der Waals surface area contributed by atoms with Crippen molar-refractivity contribution in [3.05, 3.63) is 51.3 Å². The number of carbonyl (C=O) groups is 3. The SMILES string of the molecule is CC(=O)c1c(C)[nH]c(C(=O)C(C)OC(=O)COc2ccc(Cl)c(C)c2)c1C. The first-order valence-electron chi connectivity index (χ1n) is 8.44. The lowest BCUT2D eigenvalue weighted by molar-refractivity contribution is -0.148. The summed E-state index contributed by atoms with van der Waals surface area (Å²) in [7, 11) is 0. The Kier molecular flexibility index (Phi) is 6.44. The number of Topliss-reactive ketones (excluding diaryl/α,β-unsaturated/α-hetero) is 2. The second-order valence-electron chi connectivity index (χ2n) is 6.38. The molecule has 1 unspecified atom stereocenters. The summed E-state index contributed by atoms with van der Waals surface area (Å²) in [6.45, 7) is 7.82. The summed E-state index contributed by atoms with van der Waals surface area (Å²) in [6, 6.07) is 5.02. The highest BCUT2D eigenvalue weighted by atomic mass is 35.5. The van der Waals surface area contributed by atoms with Crippen LogP contribution < -0.4 is 4.74 Å². The average molecular weight is 392 g/mol. The Bertz CT molecular complexity index is 900. The zero-order chi connectivity index (χ0) is 20.3. The minimum atomic E-state index is -1.01. The van der Waals surface area contributed by atoms with Crippen LogP contribution in [0.4, 0.5) is 0 Å². The molecule has 1 atom stereocenters. The van der Waals surface area contributed by atoms with Crippen molar-refractivity contribution in [2.24, 2.45) is 0 Å². The number of halogens is 1. The van der Waals surface area contributed by atoms with Gasteiger partial charge in [0.05, 0.1) is 5.69 Å². The Labute approximate surface area is 162 Å². The monoisotopic (exact) mass is 391 g/mol. The molecule has 0 aliphatic rings. The molecule has 0 aliphatic heterocycles. The normalized spacial score (nSPS) is 11.8. The molecule has 0 bridgehead atoms. The standard InChI is InChI=1S/C20H22ClNO5/c1-10-8-15(6-7-16(10)21)26-9-17(24)27-14(5)20(25)19-11(2)18(13(4)23)12(3)22-19/h6-8,14,22H,9H2,1-5H3. The van der Waals surface area contributed by atoms with Gasteiger partial charge < -0.3 is 14.5 Å². The van der Waals surface area contributed by atoms with E-state index in [-0.39, 0.29) is 18.1 Å². The van der Waals surface area contributed by atoms with Gasteiger partial charge in [-0.15, -0.1) is 0 Å². The van der Waals surface area contributed by atoms with E-state index in [1.54, 1.807) is 32.0 Å². The summed E-state index contributed by atoms with van der Waals surface area (Å²) in [5.74, 6) is -0.721. The highest BCUT2D eigenvalue weighted by Gasteiger charge is 2.26. The van der Waals surface area contributed by atoms with Crippen molar-refractivity contribution < 1.29 is 23.9 Å². The second-order valence-corrected chi connectivity index (χ2v) is 6.78. The van der Waals surface area contributed by atoms with Gasteiger partial charge in [0.1, 0.15) is 5.75 Å². The van der Waals surface area contributed by atoms with Gasteiger partial charge in [-0.3, -0.25) is 9.59 Å². The molecule has 0 saturated carbocycles. The van der Waals surface area contributed by atoms with Gasteiger partial charge in [0.15, 0.2) is 18.5 Å². The molecule has 27 heavy (non-hydrogen) atoms. The fraction of sp³-hybridized carbons (Fsp3) is 0.350. The predicted octanol–water partition coefficient (Wildman–Crippen LogP) is 3.99. The van der Waals surface area contributed by atoms with Gasteiger partial charge in [-0.25, -0.2) is 4.79 Å². The first-order valence-corrected chi connectivity index (χ1v) is 8.82. The van der Waals surface area contributed by atoms with Gasteiger partial charge in [0.2, 0.25) is 5.78 Å². The Morgan fingerprint density at radius 2 is 1.85 bits per heavy atom. The molecule has 0 amide bonds. The maximum atomic E-state index is 12.6. The van der Waals surface area contributed by atoms with Gasteiger partial charge in [0, 0.05) is 16.3 Å². The van der Waals surface area contributed by atoms with Crippen molar-refractivity contribution >= 4 is 29.1 Å². The van der Waals surface area contributed by atoms with Crippen molar-refractivity contribution in [1.29, 1.82) is 0 Å². The summed E-state index contributed by atoms with van der Waals surface area (Å²) in [5.41, 5.74) is 2.75. The number of aromatic nitrogens is 1. The highest BCUT2D eigenvalue weighted by Crippen LogP contribution is 2.22. The van der Waals surface area contributed by atoms with Crippen LogP contribution in [-0.2, 0) is 9.53 Å². The van der Waals surface area contributed by atoms with E-state index in [2.05, 4.69) is 4.98 Å². The van der Waals surface area contributed by atoms with Crippen molar-refractivity contribution in [2.75, 3.05) is 6.61 Å². The minimum Gasteiger partial charge on any atom is -0.482 e. The summed E-state index contributed by atoms with van der Waals surface area (Å²) >= 11 is 5.94. The molecule has 1 aromatic carbocycles. The number of esters is 1. The number of aryl methyl sites for hydroxylation is 2. The lowest BCUT2D eigenvalue weighted by Crippen LogP contribution is -2.28. The largest absolute Gasteiger partial charge is 0.482 e. The van der Waals surface area contributed by atoms with E-state index in [0.29, 0.717) is 27.6 Å². The Hall–Kier alpha value is -2.60. The van der Waals surface area contributed by atoms with Crippen molar-refractivity contribution in [2.45, 2.75) is 40.7 Å². The smallest absolute Gasteiger partial charge is 0.344 e. The molecule has 0 saturated heterocycles. The van der Waals surface area contributed by atoms with Crippen LogP contribution in [0.3, 0.4) is 0 Å². The number of aromatic amines is 1. The fourth-order valence-corrected chi connectivity index (χ4v) is 2.98. The molecule has 2 aromatic rings. The molecule has 2 rings (SSSR count). The molecule has 1 aromatic heterocycles. The first kappa shape index (κ1) is 20.7. The lowest BCUT2D eigenvalue weighted by Gasteiger charge is -2.13. The maximum absolute atomic E-state index is 12.6. The molecule has 7 heteroatoms. The van der Waals surface area contributed by atoms with Crippen LogP contribution in [0.2, 0.25) is 5.02 Å². The Morgan fingerprint density at radius 1 is 1.19 bits per heavy atom. The van der Waals surface area contributed by atoms with Gasteiger partial charge in [0.25, 0.3) is 0 Å². The van der Waals surface area contributed by atoms with E-state index in [9.17, 15) is 14.4 Å². The van der Waals surface area contributed by atoms with E-state index in [0.717, 1.165) is 5.56 Å². The van der Waals surface area contributed by atoms with Gasteiger partial charge in [-0.05, 0) is 63.9 Å². The zero-order valence-electron chi connectivity index (χ0n) is 15.9. The van der Waals surface area contributed by atoms with E-state index < -0.39 is 17.9 Å². The summed E-state index contributed by atoms with van der Waals surface area (Å²) in [6.07, 6.45) is -1.01. The van der Waals surface area contributed by atoms with Crippen molar-refractivity contribution in [3.63, 3.8) is 0 Å². The zero-order valence-corrected chi connectivity index (χ0v) is 16.7. The third-order valence-corrected chi connectivity index (χ3v) is 4.62. The number of rotatable bonds is 7. The summed E-state index contributed by atoms with van der Waals surface area (Å²) < 4.78 is 10.5. The molecule has 1 N–H and O–H groups in total. The number of hydrogen-bond acceptors (Lipinski definition) is 5. The lowest BCUT2D eigenvalue weighted by atomic mass is 10.0. The number of H-pyrrole nitrogens is 1. The van der Waals surface area contributed by atoms with Gasteiger partial charge in [-0.1, -0.05) is 11.6 Å². The second kappa shape index (κ2) is 8.39. The molecule has 0 aliphatic carbocycles. The topological polar surface area (TPSA) is 85.5 Å². The van der Waals surface area contributed by atoms with E-state index in [1.165, 1.54) is 13.8 Å². The number of ether oxygens (including phenoxy) is 2. The van der Waals surface area contributed by atoms with E-state index in [1.807, 2.05) is 6.92 Å². The average Bonchev–Trinajstić information content (AvgIpc) is 2.89. The number of benzene rings is 1. The van der Waals surface area contributed by atoms with E-state index >= 15 is 0 Å². The minimum absolute atomic E-state index is 0.128. The fourth-order valence-electron chi connectivity index (χ4n) is 2.86.